The van der Waals surface area contributed by atoms with Crippen molar-refractivity contribution in [3.05, 3.63) is 47.2 Å². The van der Waals surface area contributed by atoms with Gasteiger partial charge in [-0.3, -0.25) is 9.71 Å². The SMILES string of the molecule is Cc1c(N)cc(Cl)cc1S(=O)(=O)Nc1ccncc1. The maximum absolute atomic E-state index is 12.3. The van der Waals surface area contributed by atoms with Crippen LogP contribution in [0.4, 0.5) is 11.4 Å². The number of anilines is 2. The third-order valence-corrected chi connectivity index (χ3v) is 4.31. The van der Waals surface area contributed by atoms with Crippen LogP contribution in [0.2, 0.25) is 5.02 Å². The summed E-state index contributed by atoms with van der Waals surface area (Å²) < 4.78 is 27.0. The number of aromatic nitrogens is 1. The molecule has 0 atom stereocenters. The summed E-state index contributed by atoms with van der Waals surface area (Å²) in [7, 11) is -3.73. The van der Waals surface area contributed by atoms with Gasteiger partial charge in [-0.15, -0.1) is 0 Å². The summed E-state index contributed by atoms with van der Waals surface area (Å²) in [5.41, 5.74) is 6.95. The second-order valence-corrected chi connectivity index (χ2v) is 6.05. The molecule has 0 aliphatic rings. The van der Waals surface area contributed by atoms with Crippen molar-refractivity contribution in [2.75, 3.05) is 10.5 Å². The summed E-state index contributed by atoms with van der Waals surface area (Å²) in [6.45, 7) is 1.63. The summed E-state index contributed by atoms with van der Waals surface area (Å²) in [4.78, 5) is 3.88. The Kier molecular flexibility index (Phi) is 3.64. The molecule has 0 fully saturated rings. The minimum atomic E-state index is -3.73. The van der Waals surface area contributed by atoms with E-state index in [4.69, 9.17) is 17.3 Å². The fraction of sp³-hybridized carbons (Fsp3) is 0.0833. The average Bonchev–Trinajstić information content (AvgIpc) is 2.34. The fourth-order valence-electron chi connectivity index (χ4n) is 1.58. The lowest BCUT2D eigenvalue weighted by Gasteiger charge is -2.12. The van der Waals surface area contributed by atoms with Crippen LogP contribution < -0.4 is 10.5 Å². The Hall–Kier alpha value is -1.79. The van der Waals surface area contributed by atoms with E-state index in [0.717, 1.165) is 0 Å². The first-order valence-corrected chi connectivity index (χ1v) is 7.25. The van der Waals surface area contributed by atoms with Gasteiger partial charge in [-0.05, 0) is 36.8 Å². The van der Waals surface area contributed by atoms with Crippen LogP contribution >= 0.6 is 11.6 Å². The molecule has 2 aromatic rings. The van der Waals surface area contributed by atoms with Gasteiger partial charge in [0.1, 0.15) is 0 Å². The van der Waals surface area contributed by atoms with Gasteiger partial charge in [-0.1, -0.05) is 11.6 Å². The second kappa shape index (κ2) is 5.07. The molecule has 1 aromatic carbocycles. The normalized spacial score (nSPS) is 11.3. The van der Waals surface area contributed by atoms with Gasteiger partial charge >= 0.3 is 0 Å². The zero-order valence-electron chi connectivity index (χ0n) is 10.1. The van der Waals surface area contributed by atoms with E-state index in [2.05, 4.69) is 9.71 Å². The number of nitrogen functional groups attached to an aromatic ring is 1. The van der Waals surface area contributed by atoms with E-state index in [1.807, 2.05) is 0 Å². The van der Waals surface area contributed by atoms with E-state index in [-0.39, 0.29) is 9.92 Å². The molecule has 0 bridgehead atoms. The quantitative estimate of drug-likeness (QED) is 0.852. The molecule has 7 heteroatoms. The molecule has 2 rings (SSSR count). The van der Waals surface area contributed by atoms with Crippen molar-refractivity contribution in [3.63, 3.8) is 0 Å². The van der Waals surface area contributed by atoms with Crippen LogP contribution in [0.5, 0.6) is 0 Å². The van der Waals surface area contributed by atoms with Crippen LogP contribution in [0.1, 0.15) is 5.56 Å². The third-order valence-electron chi connectivity index (χ3n) is 2.59. The van der Waals surface area contributed by atoms with Crippen LogP contribution in [0.3, 0.4) is 0 Å². The molecule has 0 spiro atoms. The highest BCUT2D eigenvalue weighted by Gasteiger charge is 2.19. The van der Waals surface area contributed by atoms with Gasteiger partial charge in [0.15, 0.2) is 0 Å². The van der Waals surface area contributed by atoms with Crippen molar-refractivity contribution >= 4 is 33.0 Å². The average molecular weight is 298 g/mol. The lowest BCUT2D eigenvalue weighted by molar-refractivity contribution is 0.600. The van der Waals surface area contributed by atoms with Crippen molar-refractivity contribution in [3.8, 4) is 0 Å². The molecular formula is C12H12ClN3O2S. The number of nitrogens with two attached hydrogens (primary N) is 1. The van der Waals surface area contributed by atoms with Crippen LogP contribution in [0, 0.1) is 6.92 Å². The molecule has 5 nitrogen and oxygen atoms in total. The van der Waals surface area contributed by atoms with E-state index in [0.29, 0.717) is 16.9 Å². The molecule has 0 unspecified atom stereocenters. The molecule has 0 saturated heterocycles. The van der Waals surface area contributed by atoms with Gasteiger partial charge in [0.05, 0.1) is 10.6 Å². The maximum Gasteiger partial charge on any atom is 0.262 e. The molecule has 0 aliphatic heterocycles. The number of sulfonamides is 1. The molecule has 1 heterocycles. The first-order chi connectivity index (χ1) is 8.90. The molecule has 3 N–H and O–H groups in total. The second-order valence-electron chi connectivity index (χ2n) is 3.96. The fourth-order valence-corrected chi connectivity index (χ4v) is 3.23. The van der Waals surface area contributed by atoms with E-state index in [9.17, 15) is 8.42 Å². The van der Waals surface area contributed by atoms with Gasteiger partial charge < -0.3 is 5.73 Å². The predicted octanol–water partition coefficient (Wildman–Crippen LogP) is 2.43. The number of nitrogens with zero attached hydrogens (tertiary/aromatic N) is 1. The molecule has 0 amide bonds. The van der Waals surface area contributed by atoms with Crippen LogP contribution in [-0.4, -0.2) is 13.4 Å². The Morgan fingerprint density at radius 3 is 2.53 bits per heavy atom. The number of nitrogens with one attached hydrogen (secondary N) is 1. The first kappa shape index (κ1) is 13.6. The maximum atomic E-state index is 12.3. The zero-order valence-corrected chi connectivity index (χ0v) is 11.7. The molecule has 0 aliphatic carbocycles. The van der Waals surface area contributed by atoms with E-state index in [1.165, 1.54) is 24.5 Å². The van der Waals surface area contributed by atoms with Gasteiger partial charge in [0, 0.05) is 23.1 Å². The highest BCUT2D eigenvalue weighted by molar-refractivity contribution is 7.92. The van der Waals surface area contributed by atoms with Crippen molar-refractivity contribution in [2.45, 2.75) is 11.8 Å². The molecule has 1 aromatic heterocycles. The predicted molar refractivity (Wildman–Crippen MR) is 75.6 cm³/mol. The Morgan fingerprint density at radius 2 is 1.89 bits per heavy atom. The van der Waals surface area contributed by atoms with Crippen LogP contribution in [0.25, 0.3) is 0 Å². The number of benzene rings is 1. The highest BCUT2D eigenvalue weighted by Crippen LogP contribution is 2.27. The van der Waals surface area contributed by atoms with E-state index >= 15 is 0 Å². The number of halogens is 1. The highest BCUT2D eigenvalue weighted by atomic mass is 35.5. The standard InChI is InChI=1S/C12H12ClN3O2S/c1-8-11(14)6-9(13)7-12(8)19(17,18)16-10-2-4-15-5-3-10/h2-7H,14H2,1H3,(H,15,16). The monoisotopic (exact) mass is 297 g/mol. The summed E-state index contributed by atoms with van der Waals surface area (Å²) in [5, 5.41) is 0.276. The van der Waals surface area contributed by atoms with Gasteiger partial charge in [0.25, 0.3) is 10.0 Å². The van der Waals surface area contributed by atoms with Gasteiger partial charge in [-0.2, -0.15) is 0 Å². The van der Waals surface area contributed by atoms with Crippen molar-refractivity contribution in [1.29, 1.82) is 0 Å². The topological polar surface area (TPSA) is 85.1 Å². The Balaban J connectivity index is 2.46. The lowest BCUT2D eigenvalue weighted by atomic mass is 10.2. The summed E-state index contributed by atoms with van der Waals surface area (Å²) in [5.74, 6) is 0. The van der Waals surface area contributed by atoms with Crippen molar-refractivity contribution < 1.29 is 8.42 Å². The zero-order chi connectivity index (χ0) is 14.0. The third kappa shape index (κ3) is 2.97. The van der Waals surface area contributed by atoms with Crippen molar-refractivity contribution in [2.24, 2.45) is 0 Å². The Bertz CT molecular complexity index is 702. The van der Waals surface area contributed by atoms with E-state index in [1.54, 1.807) is 19.1 Å². The number of hydrogen-bond acceptors (Lipinski definition) is 4. The van der Waals surface area contributed by atoms with Crippen molar-refractivity contribution in [1.82, 2.24) is 4.98 Å². The molecule has 0 saturated carbocycles. The Labute approximate surface area is 116 Å². The van der Waals surface area contributed by atoms with Crippen LogP contribution in [-0.2, 0) is 10.0 Å². The summed E-state index contributed by atoms with van der Waals surface area (Å²) >= 11 is 5.85. The van der Waals surface area contributed by atoms with E-state index < -0.39 is 10.0 Å². The lowest BCUT2D eigenvalue weighted by Crippen LogP contribution is -2.15. The number of hydrogen-bond donors (Lipinski definition) is 2. The molecular weight excluding hydrogens is 286 g/mol. The largest absolute Gasteiger partial charge is 0.398 e. The summed E-state index contributed by atoms with van der Waals surface area (Å²) in [6.07, 6.45) is 2.99. The Morgan fingerprint density at radius 1 is 1.26 bits per heavy atom. The molecule has 0 radical (unpaired) electrons. The number of rotatable bonds is 3. The molecule has 100 valence electrons. The smallest absolute Gasteiger partial charge is 0.262 e. The van der Waals surface area contributed by atoms with Crippen LogP contribution in [0.15, 0.2) is 41.6 Å². The minimum Gasteiger partial charge on any atom is -0.398 e. The number of pyridine rings is 1. The first-order valence-electron chi connectivity index (χ1n) is 5.38. The minimum absolute atomic E-state index is 0.0642. The van der Waals surface area contributed by atoms with Gasteiger partial charge in [-0.25, -0.2) is 8.42 Å². The summed E-state index contributed by atoms with van der Waals surface area (Å²) in [6, 6.07) is 6.00. The molecule has 19 heavy (non-hydrogen) atoms. The van der Waals surface area contributed by atoms with Gasteiger partial charge in [0.2, 0.25) is 0 Å².